The molecule has 0 spiro atoms. The van der Waals surface area contributed by atoms with E-state index in [1.807, 2.05) is 142 Å². The average molecular weight is 725 g/mol. The third-order valence-electron chi connectivity index (χ3n) is 9.19. The predicted molar refractivity (Wildman–Crippen MR) is 196 cm³/mol. The van der Waals surface area contributed by atoms with Crippen molar-refractivity contribution in [2.45, 2.75) is 76.0 Å². The summed E-state index contributed by atoms with van der Waals surface area (Å²) in [5.74, 6) is -3.87. The van der Waals surface area contributed by atoms with Crippen LogP contribution in [-0.2, 0) is 27.9 Å². The molecule has 0 aliphatic carbocycles. The van der Waals surface area contributed by atoms with Crippen LogP contribution in [0, 0.1) is 0 Å². The van der Waals surface area contributed by atoms with Gasteiger partial charge in [0.1, 0.15) is 12.2 Å². The molecule has 0 aromatic heterocycles. The highest BCUT2D eigenvalue weighted by molar-refractivity contribution is 7.86. The first-order valence-corrected chi connectivity index (χ1v) is 22.0. The minimum absolute atomic E-state index is 0.296. The molecule has 0 bridgehead atoms. The Morgan fingerprint density at radius 3 is 1.33 bits per heavy atom. The van der Waals surface area contributed by atoms with Gasteiger partial charge >= 0.3 is 5.92 Å². The lowest BCUT2D eigenvalue weighted by molar-refractivity contribution is -0.181. The topological polar surface area (TPSA) is 71.1 Å². The fraction of sp³-hybridized carbons (Fsp3) is 0.368. The first kappa shape index (κ1) is 37.2. The summed E-state index contributed by atoms with van der Waals surface area (Å²) in [6.45, 7) is 12.0. The highest BCUT2D eigenvalue weighted by Gasteiger charge is 2.66. The summed E-state index contributed by atoms with van der Waals surface area (Å²) < 4.78 is 83.2. The monoisotopic (exact) mass is 724 g/mol. The summed E-state index contributed by atoms with van der Waals surface area (Å²) in [6, 6.07) is 38.6. The van der Waals surface area contributed by atoms with Gasteiger partial charge in [0.2, 0.25) is 6.29 Å². The maximum absolute atomic E-state index is 16.8. The van der Waals surface area contributed by atoms with Gasteiger partial charge in [0, 0.05) is 0 Å². The second-order valence-electron chi connectivity index (χ2n) is 14.7. The van der Waals surface area contributed by atoms with Gasteiger partial charge in [-0.05, 0) is 30.8 Å². The molecule has 1 aliphatic heterocycles. The quantitative estimate of drug-likeness (QED) is 0.143. The van der Waals surface area contributed by atoms with Crippen molar-refractivity contribution in [3.05, 3.63) is 121 Å². The summed E-state index contributed by atoms with van der Waals surface area (Å²) >= 11 is 0. The van der Waals surface area contributed by atoms with Gasteiger partial charge in [0.05, 0.1) is 12.9 Å². The molecule has 0 saturated carbocycles. The number of benzene rings is 4. The highest BCUT2D eigenvalue weighted by atomic mass is 32.2. The summed E-state index contributed by atoms with van der Waals surface area (Å²) in [5, 5.41) is 2.42. The Morgan fingerprint density at radius 1 is 0.653 bits per heavy atom. The van der Waals surface area contributed by atoms with Gasteiger partial charge in [-0.1, -0.05) is 163 Å². The van der Waals surface area contributed by atoms with Crippen LogP contribution in [-0.4, -0.2) is 62.3 Å². The minimum Gasteiger partial charge on any atom is -0.405 e. The van der Waals surface area contributed by atoms with Crippen LogP contribution in [0.1, 0.15) is 41.5 Å². The molecule has 1 fully saturated rings. The molecule has 1 unspecified atom stereocenters. The van der Waals surface area contributed by atoms with Crippen LogP contribution in [0.25, 0.3) is 0 Å². The fourth-order valence-corrected chi connectivity index (χ4v) is 16.8. The number of rotatable bonds is 11. The van der Waals surface area contributed by atoms with Crippen molar-refractivity contribution in [1.29, 1.82) is 0 Å². The normalized spacial score (nSPS) is 20.3. The van der Waals surface area contributed by atoms with Crippen molar-refractivity contribution in [3.8, 4) is 0 Å². The molecule has 4 aromatic carbocycles. The summed E-state index contributed by atoms with van der Waals surface area (Å²) in [5.41, 5.74) is 0. The van der Waals surface area contributed by atoms with Crippen LogP contribution >= 0.6 is 0 Å². The molecule has 3 atom stereocenters. The first-order valence-electron chi connectivity index (χ1n) is 16.4. The molecule has 6 nitrogen and oxygen atoms in total. The van der Waals surface area contributed by atoms with Gasteiger partial charge in [0.25, 0.3) is 26.8 Å². The smallest absolute Gasteiger partial charge is 0.325 e. The first-order chi connectivity index (χ1) is 22.9. The van der Waals surface area contributed by atoms with E-state index >= 15 is 8.78 Å². The standard InChI is InChI=1S/C38H46F2O6SSi2/c1-36(2,3)48(29-20-12-8-13-21-29,30-22-14-9-15-23-30)43-28-33-34(38(39,40)35(44-33)45-47(7,41)42)46-49(37(4,5)6,31-24-16-10-17-25-31)32-26-18-11-19-27-32/h8-27,33-35H,28H2,1-7H3/t33-,34-,35?/m1/s1. The molecule has 49 heavy (non-hydrogen) atoms. The molecule has 0 N–H and O–H groups in total. The lowest BCUT2D eigenvalue weighted by Crippen LogP contribution is -2.70. The summed E-state index contributed by atoms with van der Waals surface area (Å²) in [7, 11) is -11.1. The Morgan fingerprint density at radius 2 is 1.00 bits per heavy atom. The molecule has 0 radical (unpaired) electrons. The van der Waals surface area contributed by atoms with E-state index in [4.69, 9.17) is 17.8 Å². The van der Waals surface area contributed by atoms with Crippen molar-refractivity contribution in [1.82, 2.24) is 0 Å². The van der Waals surface area contributed by atoms with E-state index in [0.717, 1.165) is 27.0 Å². The number of alkyl halides is 2. The Labute approximate surface area is 291 Å². The van der Waals surface area contributed by atoms with Crippen LogP contribution < -0.4 is 20.7 Å². The van der Waals surface area contributed by atoms with Crippen molar-refractivity contribution in [2.24, 2.45) is 0 Å². The largest absolute Gasteiger partial charge is 0.405 e. The van der Waals surface area contributed by atoms with Gasteiger partial charge < -0.3 is 13.6 Å². The van der Waals surface area contributed by atoms with Crippen molar-refractivity contribution < 1.29 is 35.0 Å². The summed E-state index contributed by atoms with van der Waals surface area (Å²) in [4.78, 5) is 0. The predicted octanol–water partition coefficient (Wildman–Crippen LogP) is 5.84. The van der Waals surface area contributed by atoms with Gasteiger partial charge in [0.15, 0.2) is 0 Å². The van der Waals surface area contributed by atoms with E-state index in [-0.39, 0.29) is 6.61 Å². The van der Waals surface area contributed by atoms with Crippen molar-refractivity contribution >= 4 is 47.5 Å². The van der Waals surface area contributed by atoms with Crippen molar-refractivity contribution in [2.75, 3.05) is 12.9 Å². The van der Waals surface area contributed by atoms with E-state index in [1.54, 1.807) is 0 Å². The number of hydrogen-bond acceptors (Lipinski definition) is 6. The van der Waals surface area contributed by atoms with E-state index in [2.05, 4.69) is 20.8 Å². The minimum atomic E-state index is -4.34. The Balaban J connectivity index is 1.68. The molecule has 5 rings (SSSR count). The van der Waals surface area contributed by atoms with E-state index in [0.29, 0.717) is 0 Å². The number of halogens is 2. The van der Waals surface area contributed by atoms with E-state index < -0.39 is 61.2 Å². The van der Waals surface area contributed by atoms with Crippen molar-refractivity contribution in [3.63, 3.8) is 0 Å². The number of ether oxygens (including phenoxy) is 1. The Hall–Kier alpha value is -3.04. The van der Waals surface area contributed by atoms with Crippen LogP contribution in [0.4, 0.5) is 8.78 Å². The third kappa shape index (κ3) is 7.25. The Bertz CT molecular complexity index is 1700. The maximum Gasteiger partial charge on any atom is 0.325 e. The molecule has 262 valence electrons. The van der Waals surface area contributed by atoms with Gasteiger partial charge in [-0.3, -0.25) is 0 Å². The van der Waals surface area contributed by atoms with E-state index in [1.165, 1.54) is 0 Å². The number of hydrogen-bond donors (Lipinski definition) is 0. The summed E-state index contributed by atoms with van der Waals surface area (Å²) in [6.07, 6.45) is -4.97. The zero-order valence-corrected chi connectivity index (χ0v) is 31.9. The van der Waals surface area contributed by atoms with Crippen LogP contribution in [0.3, 0.4) is 0 Å². The molecule has 1 heterocycles. The van der Waals surface area contributed by atoms with Gasteiger partial charge in [-0.2, -0.15) is 17.2 Å². The van der Waals surface area contributed by atoms with E-state index in [9.17, 15) is 8.42 Å². The second kappa shape index (κ2) is 13.9. The zero-order chi connectivity index (χ0) is 35.7. The SMILES string of the molecule is CC(C)(C)[Si](OC[C@H]1OC(OS(C)(=O)=O)C(F)(F)[C@@H]1O[Si](c1ccccc1)(c1ccccc1)C(C)(C)C)(c1ccccc1)c1ccccc1. The zero-order valence-electron chi connectivity index (χ0n) is 29.1. The maximum atomic E-state index is 16.8. The highest BCUT2D eigenvalue weighted by Crippen LogP contribution is 2.46. The average Bonchev–Trinajstić information content (AvgIpc) is 3.27. The third-order valence-corrected chi connectivity index (χ3v) is 19.7. The molecular weight excluding hydrogens is 679 g/mol. The van der Waals surface area contributed by atoms with Gasteiger partial charge in [-0.25, -0.2) is 4.18 Å². The molecule has 1 saturated heterocycles. The second-order valence-corrected chi connectivity index (χ2v) is 24.8. The van der Waals surface area contributed by atoms with Gasteiger partial charge in [-0.15, -0.1) is 0 Å². The Kier molecular flexibility index (Phi) is 10.6. The lowest BCUT2D eigenvalue weighted by Gasteiger charge is -2.46. The fourth-order valence-electron chi connectivity index (χ4n) is 7.08. The van der Waals surface area contributed by atoms with Crippen LogP contribution in [0.2, 0.25) is 10.1 Å². The van der Waals surface area contributed by atoms with Crippen LogP contribution in [0.5, 0.6) is 0 Å². The molecule has 0 amide bonds. The molecular formula is C38H46F2O6SSi2. The lowest BCUT2D eigenvalue weighted by atomic mass is 10.1. The van der Waals surface area contributed by atoms with Crippen LogP contribution in [0.15, 0.2) is 121 Å². The molecule has 1 aliphatic rings. The molecule has 11 heteroatoms. The molecule has 4 aromatic rings.